The fraction of sp³-hybridized carbons (Fsp3) is 0.0238. The number of nitrogens with zero attached hydrogens (tertiary/aromatic N) is 3. The van der Waals surface area contributed by atoms with Gasteiger partial charge in [-0.1, -0.05) is 103 Å². The Morgan fingerprint density at radius 1 is 0.400 bits per heavy atom. The molecule has 0 aliphatic carbocycles. The summed E-state index contributed by atoms with van der Waals surface area (Å²) >= 11 is 0. The van der Waals surface area contributed by atoms with Gasteiger partial charge in [0.05, 0.1) is 11.6 Å². The van der Waals surface area contributed by atoms with Crippen LogP contribution in [0.4, 0.5) is 28.4 Å². The molecule has 0 aromatic heterocycles. The maximum atomic E-state index is 9.29. The molecule has 0 atom stereocenters. The molecule has 0 aliphatic heterocycles. The van der Waals surface area contributed by atoms with Gasteiger partial charge in [0.15, 0.2) is 0 Å². The SMILES string of the molecule is CN(c1ccc(-c2ccc(N(c3cccc(-c4ccccc4)c3)c3ccc4ccccc4c3)cc2)cc1)c1cccc(C#N)c1. The summed E-state index contributed by atoms with van der Waals surface area (Å²) < 4.78 is 0. The van der Waals surface area contributed by atoms with Gasteiger partial charge in [0, 0.05) is 35.5 Å². The molecule has 0 amide bonds. The lowest BCUT2D eigenvalue weighted by Crippen LogP contribution is -2.10. The Labute approximate surface area is 264 Å². The summed E-state index contributed by atoms with van der Waals surface area (Å²) in [5, 5.41) is 11.7. The molecule has 7 aromatic carbocycles. The van der Waals surface area contributed by atoms with E-state index in [0.717, 1.165) is 39.6 Å². The molecular weight excluding hydrogens is 546 g/mol. The van der Waals surface area contributed by atoms with E-state index in [1.165, 1.54) is 21.9 Å². The first kappa shape index (κ1) is 27.7. The minimum Gasteiger partial charge on any atom is -0.345 e. The van der Waals surface area contributed by atoms with Gasteiger partial charge in [-0.05, 0) is 99.8 Å². The summed E-state index contributed by atoms with van der Waals surface area (Å²) in [7, 11) is 2.02. The van der Waals surface area contributed by atoms with Crippen LogP contribution in [0.5, 0.6) is 0 Å². The number of rotatable bonds is 7. The highest BCUT2D eigenvalue weighted by Crippen LogP contribution is 2.39. The van der Waals surface area contributed by atoms with Crippen LogP contribution in [0.3, 0.4) is 0 Å². The number of nitriles is 1. The molecule has 45 heavy (non-hydrogen) atoms. The van der Waals surface area contributed by atoms with Crippen LogP contribution >= 0.6 is 0 Å². The van der Waals surface area contributed by atoms with E-state index in [0.29, 0.717) is 5.56 Å². The van der Waals surface area contributed by atoms with E-state index in [1.54, 1.807) is 0 Å². The smallest absolute Gasteiger partial charge is 0.0992 e. The summed E-state index contributed by atoms with van der Waals surface area (Å²) in [6.45, 7) is 0. The fourth-order valence-corrected chi connectivity index (χ4v) is 5.83. The van der Waals surface area contributed by atoms with E-state index in [2.05, 4.69) is 161 Å². The van der Waals surface area contributed by atoms with Crippen LogP contribution in [0.15, 0.2) is 170 Å². The Morgan fingerprint density at radius 3 is 1.69 bits per heavy atom. The molecule has 0 N–H and O–H groups in total. The Hall–Kier alpha value is -6.11. The lowest BCUT2D eigenvalue weighted by atomic mass is 10.0. The molecule has 0 unspecified atom stereocenters. The van der Waals surface area contributed by atoms with Crippen molar-refractivity contribution in [1.29, 1.82) is 5.26 Å². The van der Waals surface area contributed by atoms with E-state index in [1.807, 2.05) is 31.3 Å². The van der Waals surface area contributed by atoms with Crippen molar-refractivity contribution in [3.63, 3.8) is 0 Å². The van der Waals surface area contributed by atoms with Crippen LogP contribution in [0, 0.1) is 11.3 Å². The highest BCUT2D eigenvalue weighted by Gasteiger charge is 2.15. The molecule has 3 heteroatoms. The molecule has 0 saturated carbocycles. The van der Waals surface area contributed by atoms with Crippen LogP contribution < -0.4 is 9.80 Å². The Kier molecular flexibility index (Phi) is 7.54. The van der Waals surface area contributed by atoms with E-state index >= 15 is 0 Å². The normalized spacial score (nSPS) is 10.8. The molecule has 0 spiro atoms. The van der Waals surface area contributed by atoms with Crippen molar-refractivity contribution >= 4 is 39.2 Å². The van der Waals surface area contributed by atoms with Crippen molar-refractivity contribution in [1.82, 2.24) is 0 Å². The molecule has 3 nitrogen and oxygen atoms in total. The predicted octanol–water partition coefficient (Wildman–Crippen LogP) is 11.3. The van der Waals surface area contributed by atoms with Gasteiger partial charge in [0.2, 0.25) is 0 Å². The van der Waals surface area contributed by atoms with E-state index < -0.39 is 0 Å². The fourth-order valence-electron chi connectivity index (χ4n) is 5.83. The summed E-state index contributed by atoms with van der Waals surface area (Å²) in [5.41, 5.74) is 10.7. The molecule has 7 aromatic rings. The maximum absolute atomic E-state index is 9.29. The number of hydrogen-bond acceptors (Lipinski definition) is 3. The zero-order chi connectivity index (χ0) is 30.6. The average molecular weight is 578 g/mol. The van der Waals surface area contributed by atoms with Gasteiger partial charge in [-0.15, -0.1) is 0 Å². The quantitative estimate of drug-likeness (QED) is 0.189. The lowest BCUT2D eigenvalue weighted by molar-refractivity contribution is 1.21. The minimum atomic E-state index is 0.653. The third-order valence-corrected chi connectivity index (χ3v) is 8.28. The first-order valence-corrected chi connectivity index (χ1v) is 15.1. The zero-order valence-corrected chi connectivity index (χ0v) is 25.0. The van der Waals surface area contributed by atoms with Gasteiger partial charge in [-0.25, -0.2) is 0 Å². The summed E-state index contributed by atoms with van der Waals surface area (Å²) in [6.07, 6.45) is 0. The van der Waals surface area contributed by atoms with Crippen LogP contribution in [-0.2, 0) is 0 Å². The van der Waals surface area contributed by atoms with Crippen LogP contribution in [0.2, 0.25) is 0 Å². The average Bonchev–Trinajstić information content (AvgIpc) is 3.12. The Morgan fingerprint density at radius 2 is 0.956 bits per heavy atom. The van der Waals surface area contributed by atoms with Gasteiger partial charge < -0.3 is 9.80 Å². The van der Waals surface area contributed by atoms with Gasteiger partial charge >= 0.3 is 0 Å². The largest absolute Gasteiger partial charge is 0.345 e. The van der Waals surface area contributed by atoms with Crippen molar-refractivity contribution in [2.75, 3.05) is 16.8 Å². The molecule has 0 fully saturated rings. The number of fused-ring (bicyclic) bond motifs is 1. The second-order valence-electron chi connectivity index (χ2n) is 11.1. The van der Waals surface area contributed by atoms with Crippen molar-refractivity contribution in [3.05, 3.63) is 175 Å². The minimum absolute atomic E-state index is 0.653. The number of benzene rings is 7. The molecule has 214 valence electrons. The Balaban J connectivity index is 1.23. The van der Waals surface area contributed by atoms with Crippen LogP contribution in [0.1, 0.15) is 5.56 Å². The molecule has 0 heterocycles. The Bertz CT molecular complexity index is 2130. The van der Waals surface area contributed by atoms with E-state index in [9.17, 15) is 5.26 Å². The highest BCUT2D eigenvalue weighted by molar-refractivity contribution is 5.90. The molecule has 0 aliphatic rings. The highest BCUT2D eigenvalue weighted by atomic mass is 15.1. The van der Waals surface area contributed by atoms with Crippen LogP contribution in [-0.4, -0.2) is 7.05 Å². The second kappa shape index (κ2) is 12.2. The first-order chi connectivity index (χ1) is 22.2. The topological polar surface area (TPSA) is 30.3 Å². The van der Waals surface area contributed by atoms with E-state index in [4.69, 9.17) is 0 Å². The zero-order valence-electron chi connectivity index (χ0n) is 25.0. The summed E-state index contributed by atoms with van der Waals surface area (Å²) in [4.78, 5) is 4.43. The molecule has 0 saturated heterocycles. The first-order valence-electron chi connectivity index (χ1n) is 15.1. The van der Waals surface area contributed by atoms with Crippen molar-refractivity contribution < 1.29 is 0 Å². The van der Waals surface area contributed by atoms with Gasteiger partial charge in [0.1, 0.15) is 0 Å². The maximum Gasteiger partial charge on any atom is 0.0992 e. The van der Waals surface area contributed by atoms with Crippen LogP contribution in [0.25, 0.3) is 33.0 Å². The molecule has 7 rings (SSSR count). The van der Waals surface area contributed by atoms with Gasteiger partial charge in [-0.2, -0.15) is 5.26 Å². The van der Waals surface area contributed by atoms with Crippen molar-refractivity contribution in [2.24, 2.45) is 0 Å². The monoisotopic (exact) mass is 577 g/mol. The number of anilines is 5. The third-order valence-electron chi connectivity index (χ3n) is 8.28. The molecular formula is C42H31N3. The second-order valence-corrected chi connectivity index (χ2v) is 11.1. The summed E-state index contributed by atoms with van der Waals surface area (Å²) in [5.74, 6) is 0. The number of hydrogen-bond donors (Lipinski definition) is 0. The standard InChI is InChI=1S/C42H31N3/c1-44(40-15-7-9-31(27-40)30-43)38-22-17-34(18-23-38)35-19-24-39(25-20-35)45(42-26-21-33-12-5-6-13-36(33)29-42)41-16-8-14-37(28-41)32-10-3-2-4-11-32/h2-29H,1H3. The molecule has 0 bridgehead atoms. The lowest BCUT2D eigenvalue weighted by Gasteiger charge is -2.26. The third kappa shape index (κ3) is 5.78. The van der Waals surface area contributed by atoms with E-state index in [-0.39, 0.29) is 0 Å². The summed E-state index contributed by atoms with van der Waals surface area (Å²) in [6, 6.07) is 61.7. The molecule has 0 radical (unpaired) electrons. The van der Waals surface area contributed by atoms with Gasteiger partial charge in [-0.3, -0.25) is 0 Å². The van der Waals surface area contributed by atoms with Crippen molar-refractivity contribution in [2.45, 2.75) is 0 Å². The predicted molar refractivity (Wildman–Crippen MR) is 189 cm³/mol. The van der Waals surface area contributed by atoms with Crippen molar-refractivity contribution in [3.8, 4) is 28.3 Å². The van der Waals surface area contributed by atoms with Gasteiger partial charge in [0.25, 0.3) is 0 Å².